The number of amides is 1. The molecule has 0 aliphatic carbocycles. The van der Waals surface area contributed by atoms with Crippen LogP contribution in [0.5, 0.6) is 0 Å². The van der Waals surface area contributed by atoms with Crippen molar-refractivity contribution in [3.05, 3.63) is 35.9 Å². The minimum absolute atomic E-state index is 0. The van der Waals surface area contributed by atoms with Crippen molar-refractivity contribution >= 4 is 35.8 Å². The van der Waals surface area contributed by atoms with E-state index in [1.165, 1.54) is 0 Å². The zero-order valence-corrected chi connectivity index (χ0v) is 16.8. The van der Waals surface area contributed by atoms with E-state index in [0.29, 0.717) is 23.9 Å². The fourth-order valence-corrected chi connectivity index (χ4v) is 2.02. The zero-order valence-electron chi connectivity index (χ0n) is 14.5. The smallest absolute Gasteiger partial charge is 0.357 e. The fourth-order valence-electron chi connectivity index (χ4n) is 2.02. The monoisotopic (exact) mass is 472 g/mol. The zero-order chi connectivity index (χ0) is 18.2. The van der Waals surface area contributed by atoms with Crippen LogP contribution in [0.2, 0.25) is 0 Å². The normalized spacial score (nSPS) is 11.5. The minimum atomic E-state index is -4.41. The molecule has 0 aromatic heterocycles. The maximum atomic E-state index is 12.3. The summed E-state index contributed by atoms with van der Waals surface area (Å²) in [5.41, 5.74) is 1.06. The molecule has 0 aliphatic heterocycles. The lowest BCUT2D eigenvalue weighted by molar-refractivity contribution is -0.157. The molecule has 0 saturated heterocycles. The second-order valence-electron chi connectivity index (χ2n) is 5.38. The summed E-state index contributed by atoms with van der Waals surface area (Å²) in [5, 5.41) is 3.03. The maximum absolute atomic E-state index is 12.3. The Morgan fingerprint density at radius 3 is 2.28 bits per heavy atom. The van der Waals surface area contributed by atoms with Crippen LogP contribution < -0.4 is 5.32 Å². The predicted molar refractivity (Wildman–Crippen MR) is 103 cm³/mol. The summed E-state index contributed by atoms with van der Waals surface area (Å²) in [6, 6.07) is 9.67. The van der Waals surface area contributed by atoms with Crippen molar-refractivity contribution < 1.29 is 18.0 Å². The van der Waals surface area contributed by atoms with Crippen LogP contribution in [0, 0.1) is 0 Å². The van der Waals surface area contributed by atoms with Crippen LogP contribution in [0.25, 0.3) is 0 Å². The van der Waals surface area contributed by atoms with E-state index in [1.54, 1.807) is 7.05 Å². The number of hydrogen-bond acceptors (Lipinski definition) is 2. The van der Waals surface area contributed by atoms with Gasteiger partial charge in [-0.1, -0.05) is 30.3 Å². The molecule has 1 amide bonds. The van der Waals surface area contributed by atoms with Crippen molar-refractivity contribution in [2.75, 3.05) is 33.7 Å². The Labute approximate surface area is 163 Å². The number of likely N-dealkylation sites (N-methyl/N-ethyl adjacent to an activating group) is 1. The van der Waals surface area contributed by atoms with Gasteiger partial charge in [-0.15, -0.1) is 24.0 Å². The molecule has 0 saturated carbocycles. The molecule has 5 nitrogen and oxygen atoms in total. The van der Waals surface area contributed by atoms with Gasteiger partial charge in [0.1, 0.15) is 13.1 Å². The Hall–Kier alpha value is -1.52. The number of carbonyl (C=O) groups excluding carboxylic acids is 1. The van der Waals surface area contributed by atoms with Gasteiger partial charge in [0, 0.05) is 27.2 Å². The average molecular weight is 472 g/mol. The third kappa shape index (κ3) is 9.51. The van der Waals surface area contributed by atoms with Gasteiger partial charge in [0.05, 0.1) is 0 Å². The number of rotatable bonds is 6. The average Bonchev–Trinajstić information content (AvgIpc) is 2.50. The molecule has 9 heteroatoms. The molecular weight excluding hydrogens is 448 g/mol. The van der Waals surface area contributed by atoms with E-state index in [1.807, 2.05) is 42.2 Å². The van der Waals surface area contributed by atoms with Crippen molar-refractivity contribution in [2.24, 2.45) is 4.99 Å². The summed E-state index contributed by atoms with van der Waals surface area (Å²) in [4.78, 5) is 18.4. The molecule has 142 valence electrons. The molecule has 1 N–H and O–H groups in total. The molecule has 25 heavy (non-hydrogen) atoms. The maximum Gasteiger partial charge on any atom is 0.406 e. The first-order valence-electron chi connectivity index (χ1n) is 7.57. The number of hydrogen-bond donors (Lipinski definition) is 1. The number of alkyl halides is 3. The topological polar surface area (TPSA) is 47.9 Å². The quantitative estimate of drug-likeness (QED) is 0.394. The van der Waals surface area contributed by atoms with Crippen LogP contribution in [-0.2, 0) is 11.3 Å². The molecular formula is C16H24F3IN4O. The van der Waals surface area contributed by atoms with E-state index in [0.717, 1.165) is 12.6 Å². The molecule has 0 bridgehead atoms. The van der Waals surface area contributed by atoms with Gasteiger partial charge in [-0.2, -0.15) is 13.2 Å². The van der Waals surface area contributed by atoms with Gasteiger partial charge in [0.25, 0.3) is 0 Å². The van der Waals surface area contributed by atoms with E-state index in [-0.39, 0.29) is 30.5 Å². The van der Waals surface area contributed by atoms with Crippen LogP contribution in [0.15, 0.2) is 35.3 Å². The second-order valence-corrected chi connectivity index (χ2v) is 5.38. The van der Waals surface area contributed by atoms with Crippen LogP contribution in [0.3, 0.4) is 0 Å². The molecule has 0 unspecified atom stereocenters. The van der Waals surface area contributed by atoms with Crippen LogP contribution in [0.1, 0.15) is 12.5 Å². The van der Waals surface area contributed by atoms with Crippen LogP contribution in [-0.4, -0.2) is 61.6 Å². The summed E-state index contributed by atoms with van der Waals surface area (Å²) in [7, 11) is 2.92. The van der Waals surface area contributed by atoms with E-state index in [9.17, 15) is 18.0 Å². The highest BCUT2D eigenvalue weighted by molar-refractivity contribution is 14.0. The lowest BCUT2D eigenvalue weighted by Gasteiger charge is -2.23. The van der Waals surface area contributed by atoms with Gasteiger partial charge in [0.2, 0.25) is 5.91 Å². The molecule has 0 aliphatic rings. The highest BCUT2D eigenvalue weighted by Crippen LogP contribution is 2.15. The Balaban J connectivity index is 0.00000576. The number of nitrogens with zero attached hydrogens (tertiary/aromatic N) is 3. The van der Waals surface area contributed by atoms with Gasteiger partial charge in [-0.3, -0.25) is 4.79 Å². The Kier molecular flexibility index (Phi) is 10.5. The first-order valence-corrected chi connectivity index (χ1v) is 7.57. The number of guanidine groups is 1. The van der Waals surface area contributed by atoms with Gasteiger partial charge in [0.15, 0.2) is 5.96 Å². The Morgan fingerprint density at radius 1 is 1.16 bits per heavy atom. The Morgan fingerprint density at radius 2 is 1.76 bits per heavy atom. The third-order valence-corrected chi connectivity index (χ3v) is 3.17. The van der Waals surface area contributed by atoms with Crippen molar-refractivity contribution in [3.8, 4) is 0 Å². The molecule has 0 spiro atoms. The molecule has 0 fully saturated rings. The number of halogens is 4. The van der Waals surface area contributed by atoms with Crippen LogP contribution in [0.4, 0.5) is 13.2 Å². The summed E-state index contributed by atoms with van der Waals surface area (Å²) in [6.07, 6.45) is -4.41. The highest BCUT2D eigenvalue weighted by Gasteiger charge is 2.31. The van der Waals surface area contributed by atoms with Crippen molar-refractivity contribution in [1.29, 1.82) is 0 Å². The fraction of sp³-hybridized carbons (Fsp3) is 0.500. The minimum Gasteiger partial charge on any atom is -0.357 e. The van der Waals surface area contributed by atoms with Crippen LogP contribution >= 0.6 is 24.0 Å². The predicted octanol–water partition coefficient (Wildman–Crippen LogP) is 2.72. The molecule has 1 aromatic rings. The van der Waals surface area contributed by atoms with E-state index >= 15 is 0 Å². The first-order chi connectivity index (χ1) is 11.2. The Bertz CT molecular complexity index is 552. The molecule has 1 rings (SSSR count). The van der Waals surface area contributed by atoms with E-state index in [2.05, 4.69) is 10.3 Å². The number of nitrogens with one attached hydrogen (secondary N) is 1. The molecule has 0 atom stereocenters. The number of aliphatic imine (C=N–C) groups is 1. The van der Waals surface area contributed by atoms with Crippen molar-refractivity contribution in [3.63, 3.8) is 0 Å². The second kappa shape index (κ2) is 11.2. The van der Waals surface area contributed by atoms with Gasteiger partial charge < -0.3 is 15.1 Å². The van der Waals surface area contributed by atoms with E-state index in [4.69, 9.17) is 0 Å². The lowest BCUT2D eigenvalue weighted by Crippen LogP contribution is -2.41. The van der Waals surface area contributed by atoms with Gasteiger partial charge in [-0.05, 0) is 12.5 Å². The first kappa shape index (κ1) is 23.5. The summed E-state index contributed by atoms with van der Waals surface area (Å²) in [5.74, 6) is -0.217. The SMILES string of the molecule is CCNC(=NCC(=O)N(C)CC(F)(F)F)N(C)Cc1ccccc1.I. The molecule has 1 aromatic carbocycles. The largest absolute Gasteiger partial charge is 0.406 e. The molecule has 0 heterocycles. The van der Waals surface area contributed by atoms with Gasteiger partial charge >= 0.3 is 6.18 Å². The lowest BCUT2D eigenvalue weighted by atomic mass is 10.2. The molecule has 0 radical (unpaired) electrons. The standard InChI is InChI=1S/C16H23F3N4O.HI/c1-4-20-15(22(2)11-13-8-6-5-7-9-13)21-10-14(24)23(3)12-16(17,18)19;/h5-9H,4,10-12H2,1-3H3,(H,20,21);1H. The summed E-state index contributed by atoms with van der Waals surface area (Å²) < 4.78 is 36.9. The summed E-state index contributed by atoms with van der Waals surface area (Å²) in [6.45, 7) is 1.42. The van der Waals surface area contributed by atoms with E-state index < -0.39 is 18.6 Å². The van der Waals surface area contributed by atoms with Crippen molar-refractivity contribution in [1.82, 2.24) is 15.1 Å². The van der Waals surface area contributed by atoms with Gasteiger partial charge in [-0.25, -0.2) is 4.99 Å². The highest BCUT2D eigenvalue weighted by atomic mass is 127. The number of carbonyl (C=O) groups is 1. The van der Waals surface area contributed by atoms with Crippen molar-refractivity contribution in [2.45, 2.75) is 19.6 Å². The summed E-state index contributed by atoms with van der Waals surface area (Å²) >= 11 is 0. The third-order valence-electron chi connectivity index (χ3n) is 3.17. The number of benzene rings is 1.